The van der Waals surface area contributed by atoms with Crippen molar-refractivity contribution in [3.05, 3.63) is 35.9 Å². The highest BCUT2D eigenvalue weighted by Gasteiger charge is 2.28. The summed E-state index contributed by atoms with van der Waals surface area (Å²) >= 11 is 0. The summed E-state index contributed by atoms with van der Waals surface area (Å²) in [5, 5.41) is 21.4. The fraction of sp³-hybridized carbons (Fsp3) is 0.273. The fourth-order valence-corrected chi connectivity index (χ4v) is 1.39. The Bertz CT molecular complexity index is 371. The molecule has 80 valence electrons. The van der Waals surface area contributed by atoms with Crippen molar-refractivity contribution in [3.63, 3.8) is 0 Å². The van der Waals surface area contributed by atoms with Crippen LogP contribution in [0.15, 0.2) is 30.3 Å². The highest BCUT2D eigenvalue weighted by Crippen LogP contribution is 2.26. The normalized spacial score (nSPS) is 14.2. The molecule has 0 fully saturated rings. The fourth-order valence-electron chi connectivity index (χ4n) is 1.39. The second-order valence-electron chi connectivity index (χ2n) is 3.53. The number of hydrogen-bond donors (Lipinski definition) is 0. The molecule has 1 atom stereocenters. The second-order valence-corrected chi connectivity index (χ2v) is 3.53. The van der Waals surface area contributed by atoms with E-state index in [1.165, 1.54) is 6.92 Å². The number of hydrogen-bond acceptors (Lipinski definition) is 4. The Morgan fingerprint density at radius 3 is 2.13 bits per heavy atom. The Morgan fingerprint density at radius 1 is 1.20 bits per heavy atom. The highest BCUT2D eigenvalue weighted by atomic mass is 16.4. The van der Waals surface area contributed by atoms with Crippen LogP contribution in [-0.4, -0.2) is 11.9 Å². The smallest absolute Gasteiger partial charge is 0.0521 e. The monoisotopic (exact) mass is 206 g/mol. The van der Waals surface area contributed by atoms with Gasteiger partial charge in [0.1, 0.15) is 0 Å². The minimum absolute atomic E-state index is 0.397. The van der Waals surface area contributed by atoms with E-state index < -0.39 is 23.8 Å². The van der Waals surface area contributed by atoms with Crippen LogP contribution in [0.1, 0.15) is 18.9 Å². The number of benzene rings is 1. The lowest BCUT2D eigenvalue weighted by Crippen LogP contribution is -2.47. The molecule has 0 saturated heterocycles. The van der Waals surface area contributed by atoms with Gasteiger partial charge in [0.2, 0.25) is 0 Å². The first-order chi connectivity index (χ1) is 6.97. The summed E-state index contributed by atoms with van der Waals surface area (Å²) in [6.45, 7) is 1.31. The average molecular weight is 206 g/mol. The lowest BCUT2D eigenvalue weighted by Gasteiger charge is -2.31. The SMILES string of the molecule is CC(CC(=O)[O-])(C(=O)[O-])c1ccccc1. The molecule has 0 aliphatic carbocycles. The van der Waals surface area contributed by atoms with Crippen molar-refractivity contribution < 1.29 is 19.8 Å². The van der Waals surface area contributed by atoms with Gasteiger partial charge in [-0.3, -0.25) is 0 Å². The molecule has 0 radical (unpaired) electrons. The molecule has 0 N–H and O–H groups in total. The molecule has 0 saturated carbocycles. The molecule has 1 aromatic rings. The third-order valence-electron chi connectivity index (χ3n) is 2.36. The molecule has 1 aromatic carbocycles. The second kappa shape index (κ2) is 4.13. The van der Waals surface area contributed by atoms with Gasteiger partial charge in [0.15, 0.2) is 0 Å². The van der Waals surface area contributed by atoms with Crippen LogP contribution in [-0.2, 0) is 15.0 Å². The van der Waals surface area contributed by atoms with E-state index in [0.717, 1.165) is 0 Å². The van der Waals surface area contributed by atoms with Crippen LogP contribution < -0.4 is 10.2 Å². The van der Waals surface area contributed by atoms with Gasteiger partial charge in [-0.1, -0.05) is 30.3 Å². The molecule has 0 spiro atoms. The molecule has 4 nitrogen and oxygen atoms in total. The van der Waals surface area contributed by atoms with E-state index in [-0.39, 0.29) is 0 Å². The molecule has 0 heterocycles. The first kappa shape index (κ1) is 11.2. The number of carboxylic acids is 2. The molecule has 0 bridgehead atoms. The summed E-state index contributed by atoms with van der Waals surface area (Å²) in [4.78, 5) is 21.4. The summed E-state index contributed by atoms with van der Waals surface area (Å²) in [6.07, 6.45) is -0.598. The van der Waals surface area contributed by atoms with Crippen LogP contribution in [0.25, 0.3) is 0 Å². The lowest BCUT2D eigenvalue weighted by atomic mass is 9.79. The van der Waals surface area contributed by atoms with Crippen molar-refractivity contribution in [1.82, 2.24) is 0 Å². The molecule has 1 rings (SSSR count). The minimum atomic E-state index is -1.54. The summed E-state index contributed by atoms with van der Waals surface area (Å²) in [5.41, 5.74) is -1.14. The minimum Gasteiger partial charge on any atom is -0.550 e. The number of aliphatic carboxylic acids is 2. The number of rotatable bonds is 4. The molecule has 0 aliphatic heterocycles. The van der Waals surface area contributed by atoms with Crippen molar-refractivity contribution in [2.45, 2.75) is 18.8 Å². The van der Waals surface area contributed by atoms with Crippen molar-refractivity contribution >= 4 is 11.9 Å². The molecule has 15 heavy (non-hydrogen) atoms. The van der Waals surface area contributed by atoms with E-state index in [1.807, 2.05) is 0 Å². The van der Waals surface area contributed by atoms with Gasteiger partial charge in [-0.15, -0.1) is 0 Å². The van der Waals surface area contributed by atoms with Gasteiger partial charge >= 0.3 is 0 Å². The first-order valence-corrected chi connectivity index (χ1v) is 4.43. The maximum atomic E-state index is 11.0. The Kier molecular flexibility index (Phi) is 3.09. The molecule has 1 unspecified atom stereocenters. The predicted molar refractivity (Wildman–Crippen MR) is 48.4 cm³/mol. The Hall–Kier alpha value is -1.84. The molecular formula is C11H10O4-2. The Morgan fingerprint density at radius 2 is 1.73 bits per heavy atom. The van der Waals surface area contributed by atoms with Crippen molar-refractivity contribution in [3.8, 4) is 0 Å². The lowest BCUT2D eigenvalue weighted by molar-refractivity contribution is -0.322. The van der Waals surface area contributed by atoms with E-state index in [0.29, 0.717) is 5.56 Å². The maximum absolute atomic E-state index is 11.0. The quantitative estimate of drug-likeness (QED) is 0.622. The highest BCUT2D eigenvalue weighted by molar-refractivity contribution is 5.84. The topological polar surface area (TPSA) is 80.3 Å². The third kappa shape index (κ3) is 2.34. The number of carbonyl (C=O) groups excluding carboxylic acids is 2. The van der Waals surface area contributed by atoms with Gasteiger partial charge in [0.05, 0.1) is 5.97 Å². The number of carboxylic acid groups (broad SMARTS) is 2. The van der Waals surface area contributed by atoms with Gasteiger partial charge in [0, 0.05) is 17.8 Å². The predicted octanol–water partition coefficient (Wildman–Crippen LogP) is -1.17. The maximum Gasteiger partial charge on any atom is 0.0521 e. The largest absolute Gasteiger partial charge is 0.550 e. The zero-order valence-electron chi connectivity index (χ0n) is 8.23. The van der Waals surface area contributed by atoms with Gasteiger partial charge in [-0.2, -0.15) is 0 Å². The summed E-state index contributed by atoms with van der Waals surface area (Å²) < 4.78 is 0. The molecule has 0 aromatic heterocycles. The molecule has 0 amide bonds. The van der Waals surface area contributed by atoms with Gasteiger partial charge < -0.3 is 19.8 Å². The number of carbonyl (C=O) groups is 2. The summed E-state index contributed by atoms with van der Waals surface area (Å²) in [5.74, 6) is -2.83. The third-order valence-corrected chi connectivity index (χ3v) is 2.36. The van der Waals surface area contributed by atoms with E-state index in [2.05, 4.69) is 0 Å². The standard InChI is InChI=1S/C11H12O4/c1-11(10(14)15,7-9(12)13)8-5-3-2-4-6-8/h2-6H,7H2,1H3,(H,12,13)(H,14,15)/p-2. The first-order valence-electron chi connectivity index (χ1n) is 4.43. The zero-order chi connectivity index (χ0) is 11.5. The van der Waals surface area contributed by atoms with Crippen molar-refractivity contribution in [1.29, 1.82) is 0 Å². The zero-order valence-corrected chi connectivity index (χ0v) is 8.23. The van der Waals surface area contributed by atoms with Gasteiger partial charge in [-0.25, -0.2) is 0 Å². The van der Waals surface area contributed by atoms with Gasteiger partial charge in [0.25, 0.3) is 0 Å². The summed E-state index contributed by atoms with van der Waals surface area (Å²) in [7, 11) is 0. The van der Waals surface area contributed by atoms with Crippen LogP contribution in [0.3, 0.4) is 0 Å². The van der Waals surface area contributed by atoms with E-state index >= 15 is 0 Å². The van der Waals surface area contributed by atoms with E-state index in [4.69, 9.17) is 0 Å². The van der Waals surface area contributed by atoms with Crippen molar-refractivity contribution in [2.75, 3.05) is 0 Å². The Balaban J connectivity index is 3.13. The van der Waals surface area contributed by atoms with Crippen LogP contribution >= 0.6 is 0 Å². The van der Waals surface area contributed by atoms with Crippen molar-refractivity contribution in [2.24, 2.45) is 0 Å². The molecule has 4 heteroatoms. The van der Waals surface area contributed by atoms with Crippen LogP contribution in [0, 0.1) is 0 Å². The Labute approximate surface area is 87.2 Å². The average Bonchev–Trinajstić information content (AvgIpc) is 2.17. The summed E-state index contributed by atoms with van der Waals surface area (Å²) in [6, 6.07) is 8.12. The van der Waals surface area contributed by atoms with Crippen LogP contribution in [0.5, 0.6) is 0 Å². The van der Waals surface area contributed by atoms with Crippen LogP contribution in [0.2, 0.25) is 0 Å². The van der Waals surface area contributed by atoms with Gasteiger partial charge in [-0.05, 0) is 12.5 Å². The molecule has 0 aliphatic rings. The van der Waals surface area contributed by atoms with E-state index in [9.17, 15) is 19.8 Å². The van der Waals surface area contributed by atoms with E-state index in [1.54, 1.807) is 30.3 Å². The molecular weight excluding hydrogens is 196 g/mol. The van der Waals surface area contributed by atoms with Crippen LogP contribution in [0.4, 0.5) is 0 Å².